The molecule has 1 aromatic heterocycles. The Morgan fingerprint density at radius 3 is 2.95 bits per heavy atom. The molecule has 1 aliphatic heterocycles. The van der Waals surface area contributed by atoms with Gasteiger partial charge in [0.25, 0.3) is 0 Å². The lowest BCUT2D eigenvalue weighted by Crippen LogP contribution is -2.35. The molecule has 1 aliphatic rings. The van der Waals surface area contributed by atoms with Crippen molar-refractivity contribution in [2.45, 2.75) is 45.1 Å². The van der Waals surface area contributed by atoms with Gasteiger partial charge < -0.3 is 9.72 Å². The monoisotopic (exact) mass is 261 g/mol. The molecule has 102 valence electrons. The van der Waals surface area contributed by atoms with E-state index in [4.69, 9.17) is 4.74 Å². The van der Waals surface area contributed by atoms with Gasteiger partial charge in [-0.15, -0.1) is 0 Å². The van der Waals surface area contributed by atoms with Gasteiger partial charge in [-0.25, -0.2) is 4.39 Å². The van der Waals surface area contributed by atoms with Crippen molar-refractivity contribution < 1.29 is 9.13 Å². The van der Waals surface area contributed by atoms with Crippen LogP contribution in [0.15, 0.2) is 18.2 Å². The van der Waals surface area contributed by atoms with Crippen LogP contribution >= 0.6 is 0 Å². The molecule has 1 atom stereocenters. The van der Waals surface area contributed by atoms with E-state index < -0.39 is 0 Å². The molecule has 0 radical (unpaired) electrons. The normalized spacial score (nSPS) is 22.7. The Bertz CT molecular complexity index is 604. The smallest absolute Gasteiger partial charge is 0.147 e. The van der Waals surface area contributed by atoms with Crippen LogP contribution in [0, 0.1) is 5.82 Å². The summed E-state index contributed by atoms with van der Waals surface area (Å²) >= 11 is 0. The average Bonchev–Trinajstić information content (AvgIpc) is 2.81. The highest BCUT2D eigenvalue weighted by Gasteiger charge is 2.38. The molecule has 0 saturated carbocycles. The molecule has 1 N–H and O–H groups in total. The predicted octanol–water partition coefficient (Wildman–Crippen LogP) is 4.29. The van der Waals surface area contributed by atoms with Crippen molar-refractivity contribution in [3.63, 3.8) is 0 Å². The zero-order valence-electron chi connectivity index (χ0n) is 11.6. The topological polar surface area (TPSA) is 25.0 Å². The van der Waals surface area contributed by atoms with Crippen LogP contribution in [0.2, 0.25) is 0 Å². The number of para-hydroxylation sites is 1. The molecule has 1 aromatic carbocycles. The first-order chi connectivity index (χ1) is 9.22. The highest BCUT2D eigenvalue weighted by molar-refractivity contribution is 5.85. The van der Waals surface area contributed by atoms with Crippen LogP contribution < -0.4 is 0 Å². The van der Waals surface area contributed by atoms with Gasteiger partial charge in [-0.2, -0.15) is 0 Å². The molecule has 0 amide bonds. The number of nitrogens with one attached hydrogen (secondary N) is 1. The fraction of sp³-hybridized carbons (Fsp3) is 0.500. The Labute approximate surface area is 113 Å². The lowest BCUT2D eigenvalue weighted by molar-refractivity contribution is -0.0723. The fourth-order valence-corrected chi connectivity index (χ4v) is 3.36. The summed E-state index contributed by atoms with van der Waals surface area (Å²) in [4.78, 5) is 3.31. The van der Waals surface area contributed by atoms with Crippen LogP contribution in [0.1, 0.15) is 44.4 Å². The SMILES string of the molecule is CCCC1(CC)OCCc2c1[nH]c1c(F)cccc21. The molecule has 2 heterocycles. The molecule has 3 heteroatoms. The zero-order chi connectivity index (χ0) is 13.5. The van der Waals surface area contributed by atoms with Crippen LogP contribution in [-0.2, 0) is 16.8 Å². The summed E-state index contributed by atoms with van der Waals surface area (Å²) in [5, 5.41) is 1.02. The number of hydrogen-bond donors (Lipinski definition) is 1. The van der Waals surface area contributed by atoms with E-state index in [-0.39, 0.29) is 11.4 Å². The van der Waals surface area contributed by atoms with E-state index in [1.165, 1.54) is 11.6 Å². The van der Waals surface area contributed by atoms with Gasteiger partial charge in [0.05, 0.1) is 17.8 Å². The second kappa shape index (κ2) is 4.64. The second-order valence-corrected chi connectivity index (χ2v) is 5.34. The second-order valence-electron chi connectivity index (χ2n) is 5.34. The van der Waals surface area contributed by atoms with Gasteiger partial charge in [0.1, 0.15) is 11.4 Å². The lowest BCUT2D eigenvalue weighted by atomic mass is 9.85. The van der Waals surface area contributed by atoms with Gasteiger partial charge in [0.15, 0.2) is 0 Å². The van der Waals surface area contributed by atoms with Crippen molar-refractivity contribution in [3.05, 3.63) is 35.3 Å². The van der Waals surface area contributed by atoms with E-state index >= 15 is 0 Å². The van der Waals surface area contributed by atoms with Crippen molar-refractivity contribution in [2.75, 3.05) is 6.61 Å². The summed E-state index contributed by atoms with van der Waals surface area (Å²) in [5.41, 5.74) is 2.72. The van der Waals surface area contributed by atoms with E-state index in [9.17, 15) is 4.39 Å². The van der Waals surface area contributed by atoms with E-state index in [1.807, 2.05) is 6.07 Å². The molecule has 0 spiro atoms. The maximum absolute atomic E-state index is 13.9. The van der Waals surface area contributed by atoms with Crippen molar-refractivity contribution in [3.8, 4) is 0 Å². The first kappa shape index (κ1) is 12.7. The Balaban J connectivity index is 2.25. The maximum Gasteiger partial charge on any atom is 0.147 e. The lowest BCUT2D eigenvalue weighted by Gasteiger charge is -2.36. The van der Waals surface area contributed by atoms with E-state index in [0.29, 0.717) is 5.52 Å². The minimum atomic E-state index is -0.256. The minimum absolute atomic E-state index is 0.173. The van der Waals surface area contributed by atoms with E-state index in [0.717, 1.165) is 43.4 Å². The van der Waals surface area contributed by atoms with Gasteiger partial charge in [-0.05, 0) is 30.9 Å². The average molecular weight is 261 g/mol. The molecule has 1 unspecified atom stereocenters. The number of aromatic amines is 1. The quantitative estimate of drug-likeness (QED) is 0.876. The number of benzene rings is 1. The van der Waals surface area contributed by atoms with Crippen molar-refractivity contribution >= 4 is 10.9 Å². The minimum Gasteiger partial charge on any atom is -0.368 e. The number of aromatic nitrogens is 1. The molecule has 2 aromatic rings. The van der Waals surface area contributed by atoms with Crippen LogP contribution in [-0.4, -0.2) is 11.6 Å². The van der Waals surface area contributed by atoms with Crippen molar-refractivity contribution in [1.82, 2.24) is 4.98 Å². The third-order valence-electron chi connectivity index (χ3n) is 4.30. The van der Waals surface area contributed by atoms with Gasteiger partial charge in [-0.1, -0.05) is 32.4 Å². The number of hydrogen-bond acceptors (Lipinski definition) is 1. The molecule has 2 nitrogen and oxygen atoms in total. The summed E-state index contributed by atoms with van der Waals surface area (Å²) in [6.45, 7) is 5.04. The molecule has 0 bridgehead atoms. The van der Waals surface area contributed by atoms with Crippen LogP contribution in [0.25, 0.3) is 10.9 Å². The van der Waals surface area contributed by atoms with Crippen LogP contribution in [0.4, 0.5) is 4.39 Å². The fourth-order valence-electron chi connectivity index (χ4n) is 3.36. The van der Waals surface area contributed by atoms with Gasteiger partial charge in [0.2, 0.25) is 0 Å². The Kier molecular flexibility index (Phi) is 3.09. The zero-order valence-corrected chi connectivity index (χ0v) is 11.6. The van der Waals surface area contributed by atoms with E-state index in [1.54, 1.807) is 6.07 Å². The molecular weight excluding hydrogens is 241 g/mol. The summed E-state index contributed by atoms with van der Waals surface area (Å²) in [5.74, 6) is -0.173. The standard InChI is InChI=1S/C16H20FNO/c1-3-9-16(4-2)15-12(8-10-19-16)11-6-5-7-13(17)14(11)18-15/h5-7,18H,3-4,8-10H2,1-2H3. The molecule has 3 rings (SSSR count). The number of fused-ring (bicyclic) bond motifs is 3. The molecule has 0 fully saturated rings. The van der Waals surface area contributed by atoms with Crippen molar-refractivity contribution in [1.29, 1.82) is 0 Å². The first-order valence-corrected chi connectivity index (χ1v) is 7.15. The number of ether oxygens (including phenoxy) is 1. The third-order valence-corrected chi connectivity index (χ3v) is 4.30. The maximum atomic E-state index is 13.9. The van der Waals surface area contributed by atoms with Crippen LogP contribution in [0.5, 0.6) is 0 Å². The van der Waals surface area contributed by atoms with E-state index in [2.05, 4.69) is 18.8 Å². The van der Waals surface area contributed by atoms with Crippen LogP contribution in [0.3, 0.4) is 0 Å². The third kappa shape index (κ3) is 1.79. The summed E-state index contributed by atoms with van der Waals surface area (Å²) in [6, 6.07) is 5.30. The number of halogens is 1. The molecular formula is C16H20FNO. The van der Waals surface area contributed by atoms with Gasteiger partial charge >= 0.3 is 0 Å². The highest BCUT2D eigenvalue weighted by atomic mass is 19.1. The Hall–Kier alpha value is -1.35. The van der Waals surface area contributed by atoms with Gasteiger partial charge in [0, 0.05) is 5.39 Å². The van der Waals surface area contributed by atoms with Gasteiger partial charge in [-0.3, -0.25) is 0 Å². The molecule has 0 aliphatic carbocycles. The highest BCUT2D eigenvalue weighted by Crippen LogP contribution is 2.42. The molecule has 19 heavy (non-hydrogen) atoms. The van der Waals surface area contributed by atoms with Crippen molar-refractivity contribution in [2.24, 2.45) is 0 Å². The summed E-state index contributed by atoms with van der Waals surface area (Å²) < 4.78 is 20.0. The summed E-state index contributed by atoms with van der Waals surface area (Å²) in [6.07, 6.45) is 3.82. The largest absolute Gasteiger partial charge is 0.368 e. The Morgan fingerprint density at radius 2 is 2.21 bits per heavy atom. The number of rotatable bonds is 3. The summed E-state index contributed by atoms with van der Waals surface area (Å²) in [7, 11) is 0. The first-order valence-electron chi connectivity index (χ1n) is 7.15. The number of H-pyrrole nitrogens is 1. The Morgan fingerprint density at radius 1 is 1.37 bits per heavy atom. The molecule has 0 saturated heterocycles. The predicted molar refractivity (Wildman–Crippen MR) is 74.8 cm³/mol.